The molecular weight excluding hydrogens is 420 g/mol. The fourth-order valence-electron chi connectivity index (χ4n) is 4.02. The molecule has 5 nitrogen and oxygen atoms in total. The lowest BCUT2D eigenvalue weighted by atomic mass is 9.75. The molecule has 1 fully saturated rings. The topological polar surface area (TPSA) is 73.8 Å². The number of aromatic hydroxyl groups is 2. The molecule has 0 bridgehead atoms. The number of phenols is 2. The van der Waals surface area contributed by atoms with Gasteiger partial charge in [0.2, 0.25) is 0 Å². The van der Waals surface area contributed by atoms with E-state index in [4.69, 9.17) is 28.6 Å². The summed E-state index contributed by atoms with van der Waals surface area (Å²) in [7, 11) is 1.61. The summed E-state index contributed by atoms with van der Waals surface area (Å²) in [4.78, 5) is 0. The normalized spacial score (nSPS) is 20.9. The van der Waals surface area contributed by atoms with E-state index in [0.717, 1.165) is 16.9 Å². The summed E-state index contributed by atoms with van der Waals surface area (Å²) in [5.41, 5.74) is 1.56. The number of halogens is 1. The zero-order valence-corrected chi connectivity index (χ0v) is 17.8. The molecule has 4 rings (SSSR count). The molecule has 1 aliphatic rings. The van der Waals surface area contributed by atoms with Crippen molar-refractivity contribution in [1.82, 2.24) is 10.6 Å². The molecule has 0 spiro atoms. The van der Waals surface area contributed by atoms with E-state index in [-0.39, 0.29) is 17.5 Å². The van der Waals surface area contributed by atoms with E-state index in [1.165, 1.54) is 6.07 Å². The van der Waals surface area contributed by atoms with Crippen molar-refractivity contribution in [2.75, 3.05) is 7.11 Å². The van der Waals surface area contributed by atoms with Gasteiger partial charge in [0.05, 0.1) is 18.7 Å². The average molecular weight is 441 g/mol. The molecular formula is C23H21ClN2O3S. The molecule has 4 N–H and O–H groups in total. The molecule has 0 aromatic heterocycles. The monoisotopic (exact) mass is 440 g/mol. The number of nitrogens with one attached hydrogen (secondary N) is 2. The second-order valence-electron chi connectivity index (χ2n) is 7.21. The van der Waals surface area contributed by atoms with E-state index in [0.29, 0.717) is 22.1 Å². The predicted octanol–water partition coefficient (Wildman–Crippen LogP) is 4.61. The number of rotatable bonds is 4. The quantitative estimate of drug-likeness (QED) is 0.444. The van der Waals surface area contributed by atoms with Crippen molar-refractivity contribution >= 4 is 28.9 Å². The third-order valence-electron chi connectivity index (χ3n) is 5.45. The Balaban J connectivity index is 1.89. The standard InChI is InChI=1S/C23H21ClN2O3S/c1-29-16-9-6-14(7-10-16)23(18-11-8-15(27)12-21(18)28)13-20(25-22(30)26-23)17-4-2-3-5-19(17)24/h2-12,20,27-28H,13H2,1H3,(H2,25,26,30)/t20-,23-/m0/s1. The highest BCUT2D eigenvalue weighted by molar-refractivity contribution is 7.80. The van der Waals surface area contributed by atoms with E-state index in [9.17, 15) is 10.2 Å². The molecule has 1 heterocycles. The Labute approximate surface area is 185 Å². The van der Waals surface area contributed by atoms with Crippen LogP contribution < -0.4 is 15.4 Å². The summed E-state index contributed by atoms with van der Waals surface area (Å²) < 4.78 is 5.30. The van der Waals surface area contributed by atoms with Crippen LogP contribution in [-0.4, -0.2) is 22.4 Å². The minimum Gasteiger partial charge on any atom is -0.508 e. The lowest BCUT2D eigenvalue weighted by molar-refractivity contribution is 0.330. The van der Waals surface area contributed by atoms with Gasteiger partial charge in [0.1, 0.15) is 17.2 Å². The third-order valence-corrected chi connectivity index (χ3v) is 6.01. The van der Waals surface area contributed by atoms with Gasteiger partial charge in [0.15, 0.2) is 5.11 Å². The van der Waals surface area contributed by atoms with E-state index >= 15 is 0 Å². The molecule has 0 radical (unpaired) electrons. The fraction of sp³-hybridized carbons (Fsp3) is 0.174. The van der Waals surface area contributed by atoms with Crippen molar-refractivity contribution < 1.29 is 14.9 Å². The maximum Gasteiger partial charge on any atom is 0.167 e. The SMILES string of the molecule is COc1ccc([C@]2(c3ccc(O)cc3O)C[C@@H](c3ccccc3Cl)NC(=S)N2)cc1. The number of methoxy groups -OCH3 is 1. The van der Waals surface area contributed by atoms with Crippen LogP contribution in [0.1, 0.15) is 29.2 Å². The number of thiocarbonyl (C=S) groups is 1. The maximum atomic E-state index is 10.8. The van der Waals surface area contributed by atoms with Crippen LogP contribution in [-0.2, 0) is 5.54 Å². The zero-order valence-electron chi connectivity index (χ0n) is 16.2. The fourth-order valence-corrected chi connectivity index (χ4v) is 4.60. The Hall–Kier alpha value is -2.96. The summed E-state index contributed by atoms with van der Waals surface area (Å²) in [5.74, 6) is 0.684. The number of phenolic OH excluding ortho intramolecular Hbond substituents is 2. The van der Waals surface area contributed by atoms with Crippen LogP contribution in [0.25, 0.3) is 0 Å². The highest BCUT2D eigenvalue weighted by atomic mass is 35.5. The number of hydrogen-bond donors (Lipinski definition) is 4. The molecule has 3 aromatic rings. The first-order valence-electron chi connectivity index (χ1n) is 9.43. The molecule has 30 heavy (non-hydrogen) atoms. The van der Waals surface area contributed by atoms with E-state index in [2.05, 4.69) is 10.6 Å². The first kappa shape index (κ1) is 20.3. The van der Waals surface area contributed by atoms with Crippen LogP contribution in [0.4, 0.5) is 0 Å². The van der Waals surface area contributed by atoms with Gasteiger partial charge in [-0.15, -0.1) is 0 Å². The van der Waals surface area contributed by atoms with Crippen LogP contribution in [0.5, 0.6) is 17.2 Å². The van der Waals surface area contributed by atoms with Gasteiger partial charge in [-0.3, -0.25) is 0 Å². The Bertz CT molecular complexity index is 1090. The van der Waals surface area contributed by atoms with E-state index in [1.807, 2.05) is 48.5 Å². The van der Waals surface area contributed by atoms with Crippen LogP contribution in [0, 0.1) is 0 Å². The molecule has 154 valence electrons. The molecule has 7 heteroatoms. The molecule has 0 saturated carbocycles. The first-order valence-corrected chi connectivity index (χ1v) is 10.2. The zero-order chi connectivity index (χ0) is 21.3. The van der Waals surface area contributed by atoms with E-state index < -0.39 is 5.54 Å². The Morgan fingerprint density at radius 3 is 2.47 bits per heavy atom. The third kappa shape index (κ3) is 3.64. The number of benzene rings is 3. The number of hydrogen-bond acceptors (Lipinski definition) is 4. The van der Waals surface area contributed by atoms with Crippen molar-refractivity contribution in [1.29, 1.82) is 0 Å². The smallest absolute Gasteiger partial charge is 0.167 e. The average Bonchev–Trinajstić information content (AvgIpc) is 2.73. The Morgan fingerprint density at radius 2 is 1.80 bits per heavy atom. The van der Waals surface area contributed by atoms with Crippen LogP contribution in [0.2, 0.25) is 5.02 Å². The molecule has 1 saturated heterocycles. The van der Waals surface area contributed by atoms with Gasteiger partial charge in [-0.05, 0) is 53.7 Å². The second kappa shape index (κ2) is 8.05. The van der Waals surface area contributed by atoms with Crippen LogP contribution >= 0.6 is 23.8 Å². The highest BCUT2D eigenvalue weighted by Crippen LogP contribution is 2.45. The first-order chi connectivity index (χ1) is 14.4. The maximum absolute atomic E-state index is 10.8. The predicted molar refractivity (Wildman–Crippen MR) is 121 cm³/mol. The summed E-state index contributed by atoms with van der Waals surface area (Å²) in [5, 5.41) is 28.3. The lowest BCUT2D eigenvalue weighted by Crippen LogP contribution is -2.57. The molecule has 1 aliphatic heterocycles. The van der Waals surface area contributed by atoms with Crippen molar-refractivity contribution in [3.05, 3.63) is 88.4 Å². The molecule has 0 unspecified atom stereocenters. The number of ether oxygens (including phenoxy) is 1. The summed E-state index contributed by atoms with van der Waals surface area (Å²) in [6.07, 6.45) is 0.515. The molecule has 0 amide bonds. The van der Waals surface area contributed by atoms with Gasteiger partial charge in [0, 0.05) is 23.1 Å². The summed E-state index contributed by atoms with van der Waals surface area (Å²) in [6.45, 7) is 0. The Morgan fingerprint density at radius 1 is 1.07 bits per heavy atom. The summed E-state index contributed by atoms with van der Waals surface area (Å²) >= 11 is 12.1. The minimum atomic E-state index is -0.851. The van der Waals surface area contributed by atoms with Crippen LogP contribution in [0.3, 0.4) is 0 Å². The second-order valence-corrected chi connectivity index (χ2v) is 8.03. The van der Waals surface area contributed by atoms with Gasteiger partial charge < -0.3 is 25.6 Å². The summed E-state index contributed by atoms with van der Waals surface area (Å²) in [6, 6.07) is 19.6. The Kier molecular flexibility index (Phi) is 5.45. The van der Waals surface area contributed by atoms with Gasteiger partial charge in [-0.2, -0.15) is 0 Å². The van der Waals surface area contributed by atoms with Gasteiger partial charge in [-0.1, -0.05) is 41.9 Å². The van der Waals surface area contributed by atoms with Gasteiger partial charge in [0.25, 0.3) is 0 Å². The lowest BCUT2D eigenvalue weighted by Gasteiger charge is -2.45. The molecule has 3 aromatic carbocycles. The van der Waals surface area contributed by atoms with Crippen molar-refractivity contribution in [3.63, 3.8) is 0 Å². The van der Waals surface area contributed by atoms with Crippen LogP contribution in [0.15, 0.2) is 66.7 Å². The molecule has 2 atom stereocenters. The largest absolute Gasteiger partial charge is 0.508 e. The van der Waals surface area contributed by atoms with Gasteiger partial charge >= 0.3 is 0 Å². The highest BCUT2D eigenvalue weighted by Gasteiger charge is 2.43. The van der Waals surface area contributed by atoms with Crippen molar-refractivity contribution in [2.24, 2.45) is 0 Å². The van der Waals surface area contributed by atoms with Crippen molar-refractivity contribution in [3.8, 4) is 17.2 Å². The molecule has 0 aliphatic carbocycles. The van der Waals surface area contributed by atoms with E-state index in [1.54, 1.807) is 19.2 Å². The van der Waals surface area contributed by atoms with Gasteiger partial charge in [-0.25, -0.2) is 0 Å². The minimum absolute atomic E-state index is 0.0136. The van der Waals surface area contributed by atoms with Crippen molar-refractivity contribution in [2.45, 2.75) is 18.0 Å².